The monoisotopic (exact) mass is 644 g/mol. The first-order valence-electron chi connectivity index (χ1n) is 17.9. The minimum atomic E-state index is -0.477. The van der Waals surface area contributed by atoms with Crippen molar-refractivity contribution in [3.63, 3.8) is 0 Å². The lowest BCUT2D eigenvalue weighted by Crippen LogP contribution is -2.28. The van der Waals surface area contributed by atoms with Crippen molar-refractivity contribution in [1.82, 2.24) is 8.80 Å². The molecule has 13 rings (SSSR count). The molecule has 0 saturated heterocycles. The molecule has 4 aromatic heterocycles. The van der Waals surface area contributed by atoms with E-state index in [4.69, 9.17) is 0 Å². The number of hydrogen-bond acceptors (Lipinski definition) is 0. The van der Waals surface area contributed by atoms with Gasteiger partial charge in [0.05, 0.1) is 38.5 Å². The third kappa shape index (κ3) is 2.85. The highest BCUT2D eigenvalue weighted by Gasteiger charge is 2.47. The summed E-state index contributed by atoms with van der Waals surface area (Å²) in [5.74, 6) is 0. The molecule has 0 spiro atoms. The SMILES string of the molecule is c1ccc(C2(c3ccccc3)c3ccccc3-c3ccc4c(c32)c2cccc3c5c6c7ccccc7n7c8ccccc8c(cc5n4c23)c67)cc1. The topological polar surface area (TPSA) is 8.82 Å². The molecule has 0 unspecified atom stereocenters. The Morgan fingerprint density at radius 2 is 0.922 bits per heavy atom. The van der Waals surface area contributed by atoms with Crippen LogP contribution in [0.25, 0.3) is 87.3 Å². The molecule has 234 valence electrons. The summed E-state index contributed by atoms with van der Waals surface area (Å²) in [6.45, 7) is 0. The Bertz CT molecular complexity index is 3360. The van der Waals surface area contributed by atoms with Crippen LogP contribution < -0.4 is 0 Å². The van der Waals surface area contributed by atoms with Crippen LogP contribution in [0.3, 0.4) is 0 Å². The third-order valence-corrected chi connectivity index (χ3v) is 12.2. The lowest BCUT2D eigenvalue weighted by Gasteiger charge is -2.34. The lowest BCUT2D eigenvalue weighted by atomic mass is 9.67. The van der Waals surface area contributed by atoms with Gasteiger partial charge in [-0.05, 0) is 57.6 Å². The van der Waals surface area contributed by atoms with E-state index in [0.29, 0.717) is 0 Å². The molecule has 4 heterocycles. The molecule has 0 fully saturated rings. The molecule has 8 aromatic carbocycles. The van der Waals surface area contributed by atoms with E-state index in [9.17, 15) is 0 Å². The van der Waals surface area contributed by atoms with Gasteiger partial charge in [-0.3, -0.25) is 0 Å². The van der Waals surface area contributed by atoms with Gasteiger partial charge < -0.3 is 8.80 Å². The summed E-state index contributed by atoms with van der Waals surface area (Å²) in [4.78, 5) is 0. The third-order valence-electron chi connectivity index (χ3n) is 12.2. The van der Waals surface area contributed by atoms with E-state index in [1.54, 1.807) is 0 Å². The molecule has 0 amide bonds. The van der Waals surface area contributed by atoms with Crippen molar-refractivity contribution in [2.24, 2.45) is 0 Å². The molecular weight excluding hydrogens is 617 g/mol. The van der Waals surface area contributed by atoms with Crippen molar-refractivity contribution < 1.29 is 0 Å². The number of aromatic nitrogens is 2. The molecule has 0 N–H and O–H groups in total. The van der Waals surface area contributed by atoms with Crippen LogP contribution in [0.2, 0.25) is 0 Å². The lowest BCUT2D eigenvalue weighted by molar-refractivity contribution is 0.776. The van der Waals surface area contributed by atoms with E-state index in [1.807, 2.05) is 0 Å². The maximum Gasteiger partial charge on any atom is 0.0720 e. The first-order chi connectivity index (χ1) is 25.4. The summed E-state index contributed by atoms with van der Waals surface area (Å²) in [6, 6.07) is 63.7. The van der Waals surface area contributed by atoms with Crippen molar-refractivity contribution in [3.05, 3.63) is 192 Å². The second kappa shape index (κ2) is 8.93. The van der Waals surface area contributed by atoms with Gasteiger partial charge in [0.25, 0.3) is 0 Å². The summed E-state index contributed by atoms with van der Waals surface area (Å²) in [7, 11) is 0. The fourth-order valence-corrected chi connectivity index (χ4v) is 10.5. The van der Waals surface area contributed by atoms with Gasteiger partial charge in [0.15, 0.2) is 0 Å². The Morgan fingerprint density at radius 3 is 1.69 bits per heavy atom. The van der Waals surface area contributed by atoms with E-state index in [1.165, 1.54) is 110 Å². The highest BCUT2D eigenvalue weighted by atomic mass is 14.9. The Balaban J connectivity index is 1.29. The number of nitrogens with zero attached hydrogens (tertiary/aromatic N) is 2. The van der Waals surface area contributed by atoms with Gasteiger partial charge in [0.2, 0.25) is 0 Å². The van der Waals surface area contributed by atoms with Crippen molar-refractivity contribution >= 4 is 76.2 Å². The van der Waals surface area contributed by atoms with E-state index < -0.39 is 5.41 Å². The van der Waals surface area contributed by atoms with Gasteiger partial charge in [-0.1, -0.05) is 146 Å². The predicted octanol–water partition coefficient (Wildman–Crippen LogP) is 12.3. The summed E-state index contributed by atoms with van der Waals surface area (Å²) in [6.07, 6.45) is 0. The first kappa shape index (κ1) is 26.3. The quantitative estimate of drug-likeness (QED) is 0.177. The molecule has 1 aliphatic rings. The molecule has 0 radical (unpaired) electrons. The second-order valence-corrected chi connectivity index (χ2v) is 14.4. The van der Waals surface area contributed by atoms with Gasteiger partial charge in [0, 0.05) is 43.1 Å². The fraction of sp³-hybridized carbons (Fsp3) is 0.0204. The molecule has 2 nitrogen and oxygen atoms in total. The molecule has 0 atom stereocenters. The van der Waals surface area contributed by atoms with Crippen LogP contribution in [-0.4, -0.2) is 8.80 Å². The molecule has 1 aliphatic carbocycles. The normalized spacial score (nSPS) is 14.0. The summed E-state index contributed by atoms with van der Waals surface area (Å²) >= 11 is 0. The average molecular weight is 645 g/mol. The number of benzene rings is 8. The maximum atomic E-state index is 2.60. The minimum absolute atomic E-state index is 0.477. The Hall–Kier alpha value is -6.64. The minimum Gasteiger partial charge on any atom is -0.308 e. The van der Waals surface area contributed by atoms with E-state index in [-0.39, 0.29) is 0 Å². The maximum absolute atomic E-state index is 2.60. The highest BCUT2D eigenvalue weighted by molar-refractivity contribution is 6.38. The van der Waals surface area contributed by atoms with Crippen molar-refractivity contribution in [3.8, 4) is 11.1 Å². The number of hydrogen-bond donors (Lipinski definition) is 0. The molecular formula is C49H28N2. The van der Waals surface area contributed by atoms with Crippen LogP contribution in [0.4, 0.5) is 0 Å². The predicted molar refractivity (Wildman–Crippen MR) is 213 cm³/mol. The van der Waals surface area contributed by atoms with Gasteiger partial charge in [-0.25, -0.2) is 0 Å². The number of rotatable bonds is 2. The van der Waals surface area contributed by atoms with Gasteiger partial charge in [0.1, 0.15) is 0 Å². The zero-order chi connectivity index (χ0) is 33.0. The Labute approximate surface area is 292 Å². The summed E-state index contributed by atoms with van der Waals surface area (Å²) < 4.78 is 5.10. The molecule has 0 bridgehead atoms. The zero-order valence-electron chi connectivity index (χ0n) is 27.6. The standard InChI is InChI=1S/C49H28N2/c1-3-14-29(15-4-1)49(30-16-5-2-6-17-30)38-23-10-7-18-31(38)33-26-27-41-44(46(33)49)36-22-13-21-35-43-42(51(41)47(35)36)28-37-32-19-8-11-24-39(32)50-40-25-12-9-20-34(40)45(43)48(37)50/h1-28H. The second-order valence-electron chi connectivity index (χ2n) is 14.4. The number of fused-ring (bicyclic) bond motifs is 17. The summed E-state index contributed by atoms with van der Waals surface area (Å²) in [5.41, 5.74) is 15.2. The van der Waals surface area contributed by atoms with E-state index in [2.05, 4.69) is 179 Å². The Kier molecular flexibility index (Phi) is 4.60. The van der Waals surface area contributed by atoms with Crippen LogP contribution in [0.15, 0.2) is 170 Å². The van der Waals surface area contributed by atoms with Crippen LogP contribution in [0.5, 0.6) is 0 Å². The molecule has 12 aromatic rings. The van der Waals surface area contributed by atoms with Gasteiger partial charge in [-0.2, -0.15) is 0 Å². The van der Waals surface area contributed by atoms with Crippen LogP contribution >= 0.6 is 0 Å². The van der Waals surface area contributed by atoms with Crippen LogP contribution in [0, 0.1) is 0 Å². The smallest absolute Gasteiger partial charge is 0.0720 e. The average Bonchev–Trinajstić information content (AvgIpc) is 3.98. The van der Waals surface area contributed by atoms with Crippen molar-refractivity contribution in [1.29, 1.82) is 0 Å². The largest absolute Gasteiger partial charge is 0.308 e. The summed E-state index contributed by atoms with van der Waals surface area (Å²) in [5, 5.41) is 10.6. The van der Waals surface area contributed by atoms with Crippen molar-refractivity contribution in [2.45, 2.75) is 5.41 Å². The van der Waals surface area contributed by atoms with Crippen LogP contribution in [0.1, 0.15) is 22.3 Å². The molecule has 51 heavy (non-hydrogen) atoms. The van der Waals surface area contributed by atoms with Gasteiger partial charge >= 0.3 is 0 Å². The van der Waals surface area contributed by atoms with Gasteiger partial charge in [-0.15, -0.1) is 0 Å². The van der Waals surface area contributed by atoms with E-state index >= 15 is 0 Å². The van der Waals surface area contributed by atoms with E-state index in [0.717, 1.165) is 0 Å². The fourth-order valence-electron chi connectivity index (χ4n) is 10.5. The molecule has 0 aliphatic heterocycles. The number of para-hydroxylation sites is 3. The molecule has 2 heteroatoms. The highest BCUT2D eigenvalue weighted by Crippen LogP contribution is 2.60. The molecule has 0 saturated carbocycles. The first-order valence-corrected chi connectivity index (χ1v) is 17.9. The van der Waals surface area contributed by atoms with Crippen LogP contribution in [-0.2, 0) is 5.41 Å². The Morgan fingerprint density at radius 1 is 0.333 bits per heavy atom. The zero-order valence-corrected chi connectivity index (χ0v) is 27.6. The van der Waals surface area contributed by atoms with Crippen molar-refractivity contribution in [2.75, 3.05) is 0 Å².